The van der Waals surface area contributed by atoms with E-state index >= 15 is 0 Å². The topological polar surface area (TPSA) is 38.0 Å². The van der Waals surface area contributed by atoms with Gasteiger partial charge in [0.05, 0.1) is 0 Å². The summed E-state index contributed by atoms with van der Waals surface area (Å²) in [5, 5.41) is 0. The van der Waals surface area contributed by atoms with Crippen LogP contribution in [0, 0.1) is 18.3 Å². The van der Waals surface area contributed by atoms with Crippen LogP contribution < -0.4 is 11.3 Å². The fourth-order valence-electron chi connectivity index (χ4n) is 2.50. The second kappa shape index (κ2) is 7.73. The zero-order chi connectivity index (χ0) is 10.9. The van der Waals surface area contributed by atoms with Crippen LogP contribution in [0.5, 0.6) is 0 Å². The van der Waals surface area contributed by atoms with E-state index in [1.165, 1.54) is 38.5 Å². The molecule has 0 aromatic heterocycles. The number of nitrogens with one attached hydrogen (secondary N) is 1. The molecule has 0 radical (unpaired) electrons. The Labute approximate surface area is 94.0 Å². The zero-order valence-corrected chi connectivity index (χ0v) is 9.67. The van der Waals surface area contributed by atoms with Gasteiger partial charge in [-0.2, -0.15) is 0 Å². The summed E-state index contributed by atoms with van der Waals surface area (Å²) in [7, 11) is 0. The Balaban J connectivity index is 2.07. The van der Waals surface area contributed by atoms with Crippen molar-refractivity contribution in [2.45, 2.75) is 63.8 Å². The molecule has 0 spiro atoms. The quantitative estimate of drug-likeness (QED) is 0.292. The molecular weight excluding hydrogens is 184 g/mol. The Kier molecular flexibility index (Phi) is 6.47. The highest BCUT2D eigenvalue weighted by Crippen LogP contribution is 2.29. The maximum atomic E-state index is 5.54. The van der Waals surface area contributed by atoms with Gasteiger partial charge in [-0.25, -0.2) is 0 Å². The van der Waals surface area contributed by atoms with E-state index in [4.69, 9.17) is 12.3 Å². The van der Waals surface area contributed by atoms with Crippen LogP contribution >= 0.6 is 0 Å². The fourth-order valence-corrected chi connectivity index (χ4v) is 2.50. The molecule has 86 valence electrons. The molecule has 0 aromatic carbocycles. The summed E-state index contributed by atoms with van der Waals surface area (Å²) in [5.74, 6) is 9.18. The van der Waals surface area contributed by atoms with Crippen molar-refractivity contribution in [3.8, 4) is 12.3 Å². The van der Waals surface area contributed by atoms with Crippen molar-refractivity contribution in [2.75, 3.05) is 0 Å². The monoisotopic (exact) mass is 208 g/mol. The van der Waals surface area contributed by atoms with E-state index in [1.807, 2.05) is 0 Å². The van der Waals surface area contributed by atoms with Crippen LogP contribution in [-0.4, -0.2) is 6.04 Å². The molecule has 1 rings (SSSR count). The number of unbranched alkanes of at least 4 members (excludes halogenated alkanes) is 1. The predicted octanol–water partition coefficient (Wildman–Crippen LogP) is 2.59. The lowest BCUT2D eigenvalue weighted by Crippen LogP contribution is -2.35. The Morgan fingerprint density at radius 3 is 2.67 bits per heavy atom. The van der Waals surface area contributed by atoms with Gasteiger partial charge < -0.3 is 0 Å². The maximum Gasteiger partial charge on any atom is 0.0211 e. The SMILES string of the molecule is C#CCCCC(CCC1CCCC1)NN. The molecule has 0 saturated heterocycles. The van der Waals surface area contributed by atoms with Crippen molar-refractivity contribution in [2.24, 2.45) is 11.8 Å². The van der Waals surface area contributed by atoms with E-state index in [1.54, 1.807) is 0 Å². The minimum Gasteiger partial charge on any atom is -0.271 e. The minimum atomic E-state index is 0.471. The third-order valence-corrected chi connectivity index (χ3v) is 3.51. The van der Waals surface area contributed by atoms with Gasteiger partial charge >= 0.3 is 0 Å². The number of nitrogens with two attached hydrogens (primary N) is 1. The largest absolute Gasteiger partial charge is 0.271 e. The normalized spacial score (nSPS) is 18.9. The molecule has 2 nitrogen and oxygen atoms in total. The summed E-state index contributed by atoms with van der Waals surface area (Å²) >= 11 is 0. The first-order valence-corrected chi connectivity index (χ1v) is 6.26. The number of hydrazine groups is 1. The number of hydrogen-bond donors (Lipinski definition) is 2. The fraction of sp³-hybridized carbons (Fsp3) is 0.846. The second-order valence-electron chi connectivity index (χ2n) is 4.69. The molecule has 1 unspecified atom stereocenters. The lowest BCUT2D eigenvalue weighted by Gasteiger charge is -2.17. The summed E-state index contributed by atoms with van der Waals surface area (Å²) in [6.45, 7) is 0. The third kappa shape index (κ3) is 5.20. The van der Waals surface area contributed by atoms with Crippen LogP contribution in [-0.2, 0) is 0 Å². The first-order valence-electron chi connectivity index (χ1n) is 6.26. The molecule has 0 bridgehead atoms. The summed E-state index contributed by atoms with van der Waals surface area (Å²) in [4.78, 5) is 0. The average molecular weight is 208 g/mol. The minimum absolute atomic E-state index is 0.471. The van der Waals surface area contributed by atoms with Gasteiger partial charge in [-0.15, -0.1) is 12.3 Å². The molecule has 1 aliphatic rings. The predicted molar refractivity (Wildman–Crippen MR) is 65.0 cm³/mol. The maximum absolute atomic E-state index is 5.54. The number of rotatable bonds is 7. The van der Waals surface area contributed by atoms with Crippen LogP contribution in [0.15, 0.2) is 0 Å². The van der Waals surface area contributed by atoms with Crippen molar-refractivity contribution >= 4 is 0 Å². The van der Waals surface area contributed by atoms with Crippen LogP contribution in [0.4, 0.5) is 0 Å². The van der Waals surface area contributed by atoms with Gasteiger partial charge in [0.2, 0.25) is 0 Å². The molecule has 0 amide bonds. The molecule has 2 heteroatoms. The molecule has 1 fully saturated rings. The van der Waals surface area contributed by atoms with Crippen molar-refractivity contribution in [3.63, 3.8) is 0 Å². The van der Waals surface area contributed by atoms with E-state index < -0.39 is 0 Å². The van der Waals surface area contributed by atoms with Gasteiger partial charge in [-0.1, -0.05) is 25.7 Å². The lowest BCUT2D eigenvalue weighted by atomic mass is 9.96. The van der Waals surface area contributed by atoms with E-state index in [2.05, 4.69) is 11.3 Å². The number of hydrogen-bond acceptors (Lipinski definition) is 2. The molecule has 15 heavy (non-hydrogen) atoms. The van der Waals surface area contributed by atoms with Crippen molar-refractivity contribution in [1.82, 2.24) is 5.43 Å². The summed E-state index contributed by atoms with van der Waals surface area (Å²) in [6.07, 6.45) is 16.6. The highest BCUT2D eigenvalue weighted by molar-refractivity contribution is 4.83. The summed E-state index contributed by atoms with van der Waals surface area (Å²) in [6, 6.07) is 0.471. The molecule has 3 N–H and O–H groups in total. The van der Waals surface area contributed by atoms with Crippen molar-refractivity contribution in [3.05, 3.63) is 0 Å². The van der Waals surface area contributed by atoms with Crippen LogP contribution in [0.2, 0.25) is 0 Å². The van der Waals surface area contributed by atoms with Crippen LogP contribution in [0.25, 0.3) is 0 Å². The standard InChI is InChI=1S/C13H24N2/c1-2-3-4-9-13(15-14)11-10-12-7-5-6-8-12/h1,12-13,15H,3-11,14H2. The van der Waals surface area contributed by atoms with Gasteiger partial charge in [-0.3, -0.25) is 11.3 Å². The Bertz CT molecular complexity index is 189. The van der Waals surface area contributed by atoms with E-state index in [9.17, 15) is 0 Å². The highest BCUT2D eigenvalue weighted by atomic mass is 15.2. The van der Waals surface area contributed by atoms with Gasteiger partial charge in [-0.05, 0) is 31.6 Å². The zero-order valence-electron chi connectivity index (χ0n) is 9.67. The van der Waals surface area contributed by atoms with E-state index in [0.29, 0.717) is 6.04 Å². The lowest BCUT2D eigenvalue weighted by molar-refractivity contribution is 0.389. The summed E-state index contributed by atoms with van der Waals surface area (Å²) in [5.41, 5.74) is 2.92. The van der Waals surface area contributed by atoms with Crippen LogP contribution in [0.1, 0.15) is 57.8 Å². The average Bonchev–Trinajstić information content (AvgIpc) is 2.76. The van der Waals surface area contributed by atoms with Crippen LogP contribution in [0.3, 0.4) is 0 Å². The van der Waals surface area contributed by atoms with Gasteiger partial charge in [0.1, 0.15) is 0 Å². The summed E-state index contributed by atoms with van der Waals surface area (Å²) < 4.78 is 0. The van der Waals surface area contributed by atoms with E-state index in [-0.39, 0.29) is 0 Å². The molecule has 0 aromatic rings. The first-order chi connectivity index (χ1) is 7.36. The molecule has 0 heterocycles. The molecule has 1 atom stereocenters. The smallest absolute Gasteiger partial charge is 0.0211 e. The molecular formula is C13H24N2. The second-order valence-corrected chi connectivity index (χ2v) is 4.69. The van der Waals surface area contributed by atoms with Crippen molar-refractivity contribution in [1.29, 1.82) is 0 Å². The number of terminal acetylenes is 1. The van der Waals surface area contributed by atoms with Gasteiger partial charge in [0, 0.05) is 12.5 Å². The van der Waals surface area contributed by atoms with Gasteiger partial charge in [0.15, 0.2) is 0 Å². The Morgan fingerprint density at radius 1 is 1.33 bits per heavy atom. The molecule has 1 aliphatic carbocycles. The molecule has 1 saturated carbocycles. The highest BCUT2D eigenvalue weighted by Gasteiger charge is 2.16. The van der Waals surface area contributed by atoms with Gasteiger partial charge in [0.25, 0.3) is 0 Å². The first kappa shape index (κ1) is 12.5. The Morgan fingerprint density at radius 2 is 2.07 bits per heavy atom. The third-order valence-electron chi connectivity index (χ3n) is 3.51. The van der Waals surface area contributed by atoms with E-state index in [0.717, 1.165) is 25.2 Å². The molecule has 0 aliphatic heterocycles. The Hall–Kier alpha value is -0.520. The van der Waals surface area contributed by atoms with Crippen molar-refractivity contribution < 1.29 is 0 Å².